The van der Waals surface area contributed by atoms with Gasteiger partial charge in [0, 0.05) is 18.0 Å². The van der Waals surface area contributed by atoms with Crippen LogP contribution in [0.15, 0.2) is 34.7 Å². The van der Waals surface area contributed by atoms with E-state index in [1.165, 1.54) is 11.8 Å². The molecule has 3 nitrogen and oxygen atoms in total. The van der Waals surface area contributed by atoms with Gasteiger partial charge in [0.05, 0.1) is 6.04 Å². The molecule has 2 aromatic rings. The Morgan fingerprint density at radius 3 is 2.60 bits per heavy atom. The predicted molar refractivity (Wildman–Crippen MR) is 85.0 cm³/mol. The Kier molecular flexibility index (Phi) is 5.21. The van der Waals surface area contributed by atoms with Crippen LogP contribution in [0.2, 0.25) is 0 Å². The minimum Gasteiger partial charge on any atom is -0.459 e. The fraction of sp³-hybridized carbons (Fsp3) is 0.529. The number of fused-ring (bicyclic) bond motifs is 1. The number of rotatable bonds is 7. The van der Waals surface area contributed by atoms with E-state index in [9.17, 15) is 0 Å². The smallest absolute Gasteiger partial charge is 0.134 e. The largest absolute Gasteiger partial charge is 0.459 e. The summed E-state index contributed by atoms with van der Waals surface area (Å²) in [6, 6.07) is 11.2. The monoisotopic (exact) mass is 274 g/mol. The Morgan fingerprint density at radius 1 is 1.25 bits per heavy atom. The standard InChI is InChI=1S/C17H26N2O/c1-5-13(3)19(6-2)12-15(18-4)17-11-14-9-7-8-10-16(14)20-17/h7-11,13,15,18H,5-6,12H2,1-4H3. The van der Waals surface area contributed by atoms with E-state index in [-0.39, 0.29) is 6.04 Å². The van der Waals surface area contributed by atoms with Gasteiger partial charge in [-0.05, 0) is 39.1 Å². The molecule has 110 valence electrons. The Balaban J connectivity index is 2.18. The second kappa shape index (κ2) is 6.91. The van der Waals surface area contributed by atoms with Crippen LogP contribution in [0.4, 0.5) is 0 Å². The number of nitrogens with one attached hydrogen (secondary N) is 1. The van der Waals surface area contributed by atoms with Gasteiger partial charge < -0.3 is 9.73 Å². The third-order valence-electron chi connectivity index (χ3n) is 4.17. The van der Waals surface area contributed by atoms with E-state index in [0.29, 0.717) is 6.04 Å². The lowest BCUT2D eigenvalue weighted by atomic mass is 10.1. The van der Waals surface area contributed by atoms with E-state index in [0.717, 1.165) is 24.4 Å². The van der Waals surface area contributed by atoms with Crippen LogP contribution in [0, 0.1) is 0 Å². The van der Waals surface area contributed by atoms with E-state index in [1.807, 2.05) is 25.2 Å². The number of nitrogens with zero attached hydrogens (tertiary/aromatic N) is 1. The highest BCUT2D eigenvalue weighted by Gasteiger charge is 2.20. The lowest BCUT2D eigenvalue weighted by Crippen LogP contribution is -2.39. The van der Waals surface area contributed by atoms with E-state index < -0.39 is 0 Å². The number of likely N-dealkylation sites (N-methyl/N-ethyl adjacent to an activating group) is 2. The lowest BCUT2D eigenvalue weighted by Gasteiger charge is -2.30. The number of benzene rings is 1. The zero-order chi connectivity index (χ0) is 14.5. The molecule has 0 radical (unpaired) electrons. The summed E-state index contributed by atoms with van der Waals surface area (Å²) in [6.07, 6.45) is 1.17. The molecular formula is C17H26N2O. The second-order valence-corrected chi connectivity index (χ2v) is 5.37. The number of furan rings is 1. The van der Waals surface area contributed by atoms with Crippen LogP contribution < -0.4 is 5.32 Å². The Labute approximate surface area is 122 Å². The van der Waals surface area contributed by atoms with Crippen molar-refractivity contribution in [1.82, 2.24) is 10.2 Å². The topological polar surface area (TPSA) is 28.4 Å². The first kappa shape index (κ1) is 15.1. The van der Waals surface area contributed by atoms with Crippen molar-refractivity contribution in [3.63, 3.8) is 0 Å². The second-order valence-electron chi connectivity index (χ2n) is 5.37. The van der Waals surface area contributed by atoms with Crippen molar-refractivity contribution >= 4 is 11.0 Å². The molecule has 2 rings (SSSR count). The number of hydrogen-bond acceptors (Lipinski definition) is 3. The summed E-state index contributed by atoms with van der Waals surface area (Å²) in [6.45, 7) is 8.78. The zero-order valence-corrected chi connectivity index (χ0v) is 13.0. The van der Waals surface area contributed by atoms with Gasteiger partial charge in [-0.1, -0.05) is 32.0 Å². The summed E-state index contributed by atoms with van der Waals surface area (Å²) in [5.41, 5.74) is 0.967. The lowest BCUT2D eigenvalue weighted by molar-refractivity contribution is 0.187. The minimum absolute atomic E-state index is 0.233. The molecule has 0 fully saturated rings. The molecule has 0 aliphatic heterocycles. The van der Waals surface area contributed by atoms with E-state index in [1.54, 1.807) is 0 Å². The van der Waals surface area contributed by atoms with Crippen LogP contribution in [-0.4, -0.2) is 31.1 Å². The van der Waals surface area contributed by atoms with Crippen molar-refractivity contribution < 1.29 is 4.42 Å². The highest BCUT2D eigenvalue weighted by molar-refractivity contribution is 5.77. The number of para-hydroxylation sites is 1. The first-order valence-corrected chi connectivity index (χ1v) is 7.59. The minimum atomic E-state index is 0.233. The molecule has 1 aromatic carbocycles. The molecule has 2 unspecified atom stereocenters. The summed E-state index contributed by atoms with van der Waals surface area (Å²) in [5, 5.41) is 4.56. The van der Waals surface area contributed by atoms with Crippen LogP contribution in [0.3, 0.4) is 0 Å². The molecule has 0 amide bonds. The molecule has 0 aliphatic carbocycles. The van der Waals surface area contributed by atoms with Crippen molar-refractivity contribution in [2.75, 3.05) is 20.1 Å². The summed E-state index contributed by atoms with van der Waals surface area (Å²) < 4.78 is 5.99. The molecular weight excluding hydrogens is 248 g/mol. The number of hydrogen-bond donors (Lipinski definition) is 1. The van der Waals surface area contributed by atoms with Crippen molar-refractivity contribution in [1.29, 1.82) is 0 Å². The molecule has 0 spiro atoms. The Hall–Kier alpha value is -1.32. The molecule has 0 saturated carbocycles. The summed E-state index contributed by atoms with van der Waals surface area (Å²) in [7, 11) is 2.00. The van der Waals surface area contributed by atoms with Gasteiger partial charge in [0.25, 0.3) is 0 Å². The molecule has 1 N–H and O–H groups in total. The van der Waals surface area contributed by atoms with E-state index in [2.05, 4.69) is 43.1 Å². The molecule has 0 bridgehead atoms. The van der Waals surface area contributed by atoms with Gasteiger partial charge in [0.15, 0.2) is 0 Å². The van der Waals surface area contributed by atoms with Gasteiger partial charge in [-0.3, -0.25) is 4.90 Å². The average molecular weight is 274 g/mol. The van der Waals surface area contributed by atoms with Gasteiger partial charge >= 0.3 is 0 Å². The third-order valence-corrected chi connectivity index (χ3v) is 4.17. The predicted octanol–water partition coefficient (Wildman–Crippen LogP) is 3.81. The SMILES string of the molecule is CCC(C)N(CC)CC(NC)c1cc2ccccc2o1. The van der Waals surface area contributed by atoms with Crippen LogP contribution >= 0.6 is 0 Å². The fourth-order valence-electron chi connectivity index (χ4n) is 2.61. The average Bonchev–Trinajstić information content (AvgIpc) is 2.91. The first-order chi connectivity index (χ1) is 9.69. The molecule has 2 atom stereocenters. The van der Waals surface area contributed by atoms with Crippen molar-refractivity contribution in [2.24, 2.45) is 0 Å². The van der Waals surface area contributed by atoms with Crippen LogP contribution in [-0.2, 0) is 0 Å². The van der Waals surface area contributed by atoms with Crippen molar-refractivity contribution in [2.45, 2.75) is 39.3 Å². The highest BCUT2D eigenvalue weighted by atomic mass is 16.3. The molecule has 1 heterocycles. The molecule has 3 heteroatoms. The van der Waals surface area contributed by atoms with Gasteiger partial charge in [0.2, 0.25) is 0 Å². The first-order valence-electron chi connectivity index (χ1n) is 7.59. The van der Waals surface area contributed by atoms with E-state index in [4.69, 9.17) is 4.42 Å². The third kappa shape index (κ3) is 3.22. The maximum absolute atomic E-state index is 5.99. The van der Waals surface area contributed by atoms with Gasteiger partial charge in [-0.25, -0.2) is 0 Å². The van der Waals surface area contributed by atoms with Gasteiger partial charge in [-0.2, -0.15) is 0 Å². The zero-order valence-electron chi connectivity index (χ0n) is 13.0. The quantitative estimate of drug-likeness (QED) is 0.832. The summed E-state index contributed by atoms with van der Waals surface area (Å²) in [5.74, 6) is 1.02. The van der Waals surface area contributed by atoms with Gasteiger partial charge in [-0.15, -0.1) is 0 Å². The molecule has 1 aromatic heterocycles. The van der Waals surface area contributed by atoms with Crippen LogP contribution in [0.5, 0.6) is 0 Å². The normalized spacial score (nSPS) is 14.8. The molecule has 0 saturated heterocycles. The maximum Gasteiger partial charge on any atom is 0.134 e. The Morgan fingerprint density at radius 2 is 2.00 bits per heavy atom. The summed E-state index contributed by atoms with van der Waals surface area (Å²) >= 11 is 0. The van der Waals surface area contributed by atoms with Gasteiger partial charge in [0.1, 0.15) is 11.3 Å². The van der Waals surface area contributed by atoms with Crippen LogP contribution in [0.1, 0.15) is 39.0 Å². The highest BCUT2D eigenvalue weighted by Crippen LogP contribution is 2.24. The molecule has 0 aliphatic rings. The molecule has 20 heavy (non-hydrogen) atoms. The van der Waals surface area contributed by atoms with Crippen molar-refractivity contribution in [3.05, 3.63) is 36.1 Å². The van der Waals surface area contributed by atoms with Crippen LogP contribution in [0.25, 0.3) is 11.0 Å². The fourth-order valence-corrected chi connectivity index (χ4v) is 2.61. The van der Waals surface area contributed by atoms with Crippen molar-refractivity contribution in [3.8, 4) is 0 Å². The maximum atomic E-state index is 5.99. The summed E-state index contributed by atoms with van der Waals surface area (Å²) in [4.78, 5) is 2.49. The Bertz CT molecular complexity index is 502. The van der Waals surface area contributed by atoms with E-state index >= 15 is 0 Å².